The number of hydrogen-bond acceptors (Lipinski definition) is 4. The minimum atomic E-state index is -0.260. The zero-order valence-corrected chi connectivity index (χ0v) is 19.0. The van der Waals surface area contributed by atoms with Crippen molar-refractivity contribution in [1.82, 2.24) is 15.1 Å². The van der Waals surface area contributed by atoms with Gasteiger partial charge in [0.1, 0.15) is 17.7 Å². The summed E-state index contributed by atoms with van der Waals surface area (Å²) in [4.78, 5) is 19.8. The maximum atomic E-state index is 13.3. The van der Waals surface area contributed by atoms with Gasteiger partial charge in [0, 0.05) is 34.2 Å². The molecular weight excluding hydrogens is 411 g/mol. The summed E-state index contributed by atoms with van der Waals surface area (Å²) in [6.07, 6.45) is -0.160. The van der Waals surface area contributed by atoms with Crippen LogP contribution in [-0.4, -0.2) is 68.6 Å². The fraction of sp³-hybridized carbons (Fsp3) is 0.417. The number of likely N-dealkylation sites (N-methyl/N-ethyl adjacent to an activating group) is 1. The smallest absolute Gasteiger partial charge is 0.259 e. The lowest BCUT2D eigenvalue weighted by molar-refractivity contribution is -0.130. The number of ether oxygens (including phenoxy) is 2. The molecule has 1 aliphatic rings. The molecule has 0 saturated carbocycles. The molecule has 0 bridgehead atoms. The van der Waals surface area contributed by atoms with E-state index < -0.39 is 0 Å². The zero-order valence-electron chi connectivity index (χ0n) is 19.0. The number of benzene rings is 2. The Hall–Kier alpha value is -3.13. The van der Waals surface area contributed by atoms with Crippen molar-refractivity contribution in [3.05, 3.63) is 65.5 Å². The normalized spacial score (nSPS) is 18.9. The molecule has 0 spiro atoms. The number of aliphatic imine (C=N–C) groups is 1. The number of rotatable bonds is 6. The van der Waals surface area contributed by atoms with E-state index in [1.165, 1.54) is 17.0 Å². The molecule has 172 valence electrons. The van der Waals surface area contributed by atoms with Crippen molar-refractivity contribution in [2.45, 2.75) is 25.7 Å². The van der Waals surface area contributed by atoms with Crippen molar-refractivity contribution < 1.29 is 18.7 Å². The Kier molecular flexibility index (Phi) is 8.05. The molecule has 7 nitrogen and oxygen atoms in total. The van der Waals surface area contributed by atoms with Gasteiger partial charge in [0.05, 0.1) is 12.6 Å². The fourth-order valence-electron chi connectivity index (χ4n) is 3.52. The van der Waals surface area contributed by atoms with Crippen molar-refractivity contribution in [1.29, 1.82) is 0 Å². The summed E-state index contributed by atoms with van der Waals surface area (Å²) < 4.78 is 25.0. The van der Waals surface area contributed by atoms with Crippen molar-refractivity contribution in [2.24, 2.45) is 4.99 Å². The van der Waals surface area contributed by atoms with E-state index in [1.807, 2.05) is 31.2 Å². The van der Waals surface area contributed by atoms with Crippen molar-refractivity contribution in [3.8, 4) is 5.75 Å². The van der Waals surface area contributed by atoms with Crippen LogP contribution in [0.2, 0.25) is 0 Å². The third kappa shape index (κ3) is 6.43. The molecule has 0 radical (unpaired) electrons. The number of carbonyl (C=O) groups is 1. The van der Waals surface area contributed by atoms with Gasteiger partial charge in [-0.2, -0.15) is 0 Å². The summed E-state index contributed by atoms with van der Waals surface area (Å²) in [5.41, 5.74) is 1.95. The monoisotopic (exact) mass is 442 g/mol. The highest BCUT2D eigenvalue weighted by Gasteiger charge is 2.28. The SMILES string of the molecule is CN=C(NCc1cccc(OCC(=O)N(C)C)c1)N1CC(C)OC(c2ccc(F)cc2)C1. The highest BCUT2D eigenvalue weighted by Crippen LogP contribution is 2.25. The molecule has 2 aromatic rings. The van der Waals surface area contributed by atoms with Gasteiger partial charge in [-0.15, -0.1) is 0 Å². The summed E-state index contributed by atoms with van der Waals surface area (Å²) >= 11 is 0. The van der Waals surface area contributed by atoms with Crippen LogP contribution in [0, 0.1) is 5.82 Å². The number of hydrogen-bond donors (Lipinski definition) is 1. The molecule has 2 unspecified atom stereocenters. The molecular formula is C24H31FN4O3. The number of morpholine rings is 1. The Bertz CT molecular complexity index is 933. The van der Waals surface area contributed by atoms with Gasteiger partial charge in [-0.3, -0.25) is 9.79 Å². The second-order valence-corrected chi connectivity index (χ2v) is 8.02. The third-order valence-electron chi connectivity index (χ3n) is 5.22. The molecule has 0 aromatic heterocycles. The molecule has 1 fully saturated rings. The lowest BCUT2D eigenvalue weighted by atomic mass is 10.1. The van der Waals surface area contributed by atoms with Gasteiger partial charge in [0.15, 0.2) is 12.6 Å². The largest absolute Gasteiger partial charge is 0.484 e. The minimum Gasteiger partial charge on any atom is -0.484 e. The van der Waals surface area contributed by atoms with Gasteiger partial charge in [0.25, 0.3) is 5.91 Å². The molecule has 8 heteroatoms. The molecule has 32 heavy (non-hydrogen) atoms. The average Bonchev–Trinajstić information content (AvgIpc) is 2.78. The highest BCUT2D eigenvalue weighted by molar-refractivity contribution is 5.80. The van der Waals surface area contributed by atoms with Gasteiger partial charge in [-0.1, -0.05) is 24.3 Å². The molecule has 1 N–H and O–H groups in total. The Morgan fingerprint density at radius 2 is 2.00 bits per heavy atom. The lowest BCUT2D eigenvalue weighted by Crippen LogP contribution is -2.50. The first kappa shape index (κ1) is 23.5. The number of nitrogens with zero attached hydrogens (tertiary/aromatic N) is 3. The molecule has 1 saturated heterocycles. The second-order valence-electron chi connectivity index (χ2n) is 8.02. The predicted molar refractivity (Wildman–Crippen MR) is 122 cm³/mol. The summed E-state index contributed by atoms with van der Waals surface area (Å²) in [5.74, 6) is 1.06. The van der Waals surface area contributed by atoms with Crippen LogP contribution < -0.4 is 10.1 Å². The molecule has 3 rings (SSSR count). The fourth-order valence-corrected chi connectivity index (χ4v) is 3.52. The van der Waals surface area contributed by atoms with E-state index in [2.05, 4.69) is 15.2 Å². The van der Waals surface area contributed by atoms with Crippen LogP contribution in [0.15, 0.2) is 53.5 Å². The standard InChI is InChI=1S/C24H31FN4O3/c1-17-14-29(15-22(32-17)19-8-10-20(25)11-9-19)24(26-2)27-13-18-6-5-7-21(12-18)31-16-23(30)28(3)4/h5-12,17,22H,13-16H2,1-4H3,(H,26,27). The molecule has 2 aromatic carbocycles. The maximum absolute atomic E-state index is 13.3. The molecule has 2 atom stereocenters. The minimum absolute atomic E-state index is 0.00197. The number of nitrogens with one attached hydrogen (secondary N) is 1. The third-order valence-corrected chi connectivity index (χ3v) is 5.22. The van der Waals surface area contributed by atoms with E-state index >= 15 is 0 Å². The van der Waals surface area contributed by atoms with Gasteiger partial charge in [0.2, 0.25) is 0 Å². The Balaban J connectivity index is 1.61. The van der Waals surface area contributed by atoms with E-state index in [9.17, 15) is 9.18 Å². The van der Waals surface area contributed by atoms with E-state index in [1.54, 1.807) is 33.3 Å². The van der Waals surface area contributed by atoms with Crippen LogP contribution in [0.1, 0.15) is 24.2 Å². The topological polar surface area (TPSA) is 66.4 Å². The first-order chi connectivity index (χ1) is 15.4. The Morgan fingerprint density at radius 1 is 1.25 bits per heavy atom. The molecule has 0 aliphatic carbocycles. The van der Waals surface area contributed by atoms with Gasteiger partial charge in [-0.05, 0) is 42.3 Å². The maximum Gasteiger partial charge on any atom is 0.259 e. The summed E-state index contributed by atoms with van der Waals surface area (Å²) in [6.45, 7) is 3.89. The number of carbonyl (C=O) groups excluding carboxylic acids is 1. The van der Waals surface area contributed by atoms with Gasteiger partial charge < -0.3 is 24.6 Å². The number of halogens is 1. The van der Waals surface area contributed by atoms with E-state index in [0.29, 0.717) is 25.4 Å². The van der Waals surface area contributed by atoms with Crippen molar-refractivity contribution >= 4 is 11.9 Å². The lowest BCUT2D eigenvalue weighted by Gasteiger charge is -2.38. The Labute approximate surface area is 188 Å². The van der Waals surface area contributed by atoms with Crippen LogP contribution in [0.3, 0.4) is 0 Å². The summed E-state index contributed by atoms with van der Waals surface area (Å²) in [6, 6.07) is 14.1. The number of guanidine groups is 1. The summed E-state index contributed by atoms with van der Waals surface area (Å²) in [7, 11) is 5.15. The molecule has 1 aliphatic heterocycles. The van der Waals surface area contributed by atoms with Crippen molar-refractivity contribution in [3.63, 3.8) is 0 Å². The van der Waals surface area contributed by atoms with Crippen LogP contribution in [0.4, 0.5) is 4.39 Å². The van der Waals surface area contributed by atoms with E-state index in [-0.39, 0.29) is 30.5 Å². The van der Waals surface area contributed by atoms with Crippen LogP contribution in [0.5, 0.6) is 5.75 Å². The van der Waals surface area contributed by atoms with Crippen LogP contribution in [-0.2, 0) is 16.1 Å². The zero-order chi connectivity index (χ0) is 23.1. The van der Waals surface area contributed by atoms with Crippen LogP contribution >= 0.6 is 0 Å². The van der Waals surface area contributed by atoms with Gasteiger partial charge >= 0.3 is 0 Å². The predicted octanol–water partition coefficient (Wildman–Crippen LogP) is 2.83. The number of amides is 1. The Morgan fingerprint density at radius 3 is 2.69 bits per heavy atom. The second kappa shape index (κ2) is 10.9. The molecule has 1 heterocycles. The quantitative estimate of drug-likeness (QED) is 0.551. The van der Waals surface area contributed by atoms with Gasteiger partial charge in [-0.25, -0.2) is 4.39 Å². The highest BCUT2D eigenvalue weighted by atomic mass is 19.1. The van der Waals surface area contributed by atoms with E-state index in [4.69, 9.17) is 9.47 Å². The van der Waals surface area contributed by atoms with E-state index in [0.717, 1.165) is 17.1 Å². The average molecular weight is 443 g/mol. The summed E-state index contributed by atoms with van der Waals surface area (Å²) in [5, 5.41) is 3.40. The first-order valence-electron chi connectivity index (χ1n) is 10.6. The van der Waals surface area contributed by atoms with Crippen LogP contribution in [0.25, 0.3) is 0 Å². The first-order valence-corrected chi connectivity index (χ1v) is 10.6. The van der Waals surface area contributed by atoms with Crippen molar-refractivity contribution in [2.75, 3.05) is 40.8 Å². The molecule has 1 amide bonds.